The summed E-state index contributed by atoms with van der Waals surface area (Å²) < 4.78 is 8.91. The Morgan fingerprint density at radius 2 is 0.730 bits per heavy atom. The van der Waals surface area contributed by atoms with Gasteiger partial charge in [-0.15, -0.1) is 0 Å². The van der Waals surface area contributed by atoms with E-state index in [-0.39, 0.29) is 18.5 Å². The summed E-state index contributed by atoms with van der Waals surface area (Å²) in [5.74, 6) is -0.659. The zero-order valence-electron chi connectivity index (χ0n) is 24.7. The smallest absolute Gasteiger partial charge is 0.450 e. The number of rotatable bonds is 25. The van der Waals surface area contributed by atoms with E-state index in [1.165, 1.54) is 116 Å². The minimum atomic E-state index is -1.21. The van der Waals surface area contributed by atoms with Crippen molar-refractivity contribution in [1.29, 1.82) is 0 Å². The van der Waals surface area contributed by atoms with E-state index in [0.717, 1.165) is 25.7 Å². The van der Waals surface area contributed by atoms with Gasteiger partial charge in [-0.25, -0.2) is 4.79 Å². The molecule has 0 aliphatic heterocycles. The van der Waals surface area contributed by atoms with E-state index >= 15 is 0 Å². The van der Waals surface area contributed by atoms with Crippen molar-refractivity contribution in [2.75, 3.05) is 6.61 Å². The average Bonchev–Trinajstić information content (AvgIpc) is 2.86. The van der Waals surface area contributed by atoms with Gasteiger partial charge in [-0.2, -0.15) is 0 Å². The van der Waals surface area contributed by atoms with Crippen LogP contribution in [0.3, 0.4) is 0 Å². The first-order valence-corrected chi connectivity index (χ1v) is 15.6. The maximum absolute atomic E-state index is 11.8. The molecule has 0 spiro atoms. The maximum Gasteiger partial charge on any atom is 0.505 e. The third-order valence-corrected chi connectivity index (χ3v) is 6.46. The number of ether oxygens (including phenoxy) is 2. The molecule has 0 radical (unpaired) electrons. The highest BCUT2D eigenvalue weighted by atomic mass is 16.7. The second-order valence-corrected chi connectivity index (χ2v) is 10.1. The standard InChI is InChI=1S/C28H54O3.C3H6O3/c1-3-5-7-9-11-13-15-17-19-21-23-25-27(29)31-28(30)26-24-22-20-18-16-14-12-10-8-6-4-2;1-2-6-3(4)5/h3-26H2,1-2H3;2H2,1H3,(H,4,5). The molecule has 1 N–H and O–H groups in total. The molecule has 0 aliphatic carbocycles. The Labute approximate surface area is 228 Å². The van der Waals surface area contributed by atoms with E-state index < -0.39 is 6.16 Å². The van der Waals surface area contributed by atoms with E-state index in [1.54, 1.807) is 6.92 Å². The molecule has 6 heteroatoms. The molecule has 37 heavy (non-hydrogen) atoms. The lowest BCUT2D eigenvalue weighted by molar-refractivity contribution is -0.159. The van der Waals surface area contributed by atoms with Crippen molar-refractivity contribution in [3.63, 3.8) is 0 Å². The van der Waals surface area contributed by atoms with Crippen molar-refractivity contribution >= 4 is 18.1 Å². The molecule has 6 nitrogen and oxygen atoms in total. The molecule has 0 aromatic carbocycles. The van der Waals surface area contributed by atoms with Crippen molar-refractivity contribution in [1.82, 2.24) is 0 Å². The van der Waals surface area contributed by atoms with Crippen LogP contribution in [-0.4, -0.2) is 29.8 Å². The van der Waals surface area contributed by atoms with E-state index in [0.29, 0.717) is 12.8 Å². The first-order valence-electron chi connectivity index (χ1n) is 15.6. The summed E-state index contributed by atoms with van der Waals surface area (Å²) in [6, 6.07) is 0. The Kier molecular flexibility index (Phi) is 32.9. The lowest BCUT2D eigenvalue weighted by Crippen LogP contribution is -2.11. The molecule has 0 amide bonds. The van der Waals surface area contributed by atoms with Crippen LogP contribution in [-0.2, 0) is 19.1 Å². The van der Waals surface area contributed by atoms with Gasteiger partial charge in [0.15, 0.2) is 0 Å². The van der Waals surface area contributed by atoms with Crippen LogP contribution in [0.1, 0.15) is 175 Å². The molecule has 0 saturated heterocycles. The van der Waals surface area contributed by atoms with Crippen LogP contribution in [0.25, 0.3) is 0 Å². The monoisotopic (exact) mass is 528 g/mol. The molecular formula is C31H60O6. The highest BCUT2D eigenvalue weighted by Crippen LogP contribution is 2.14. The quantitative estimate of drug-likeness (QED) is 0.0720. The fourth-order valence-electron chi connectivity index (χ4n) is 4.22. The fraction of sp³-hybridized carbons (Fsp3) is 0.903. The first kappa shape index (κ1) is 37.6. The summed E-state index contributed by atoms with van der Waals surface area (Å²) in [6.45, 7) is 6.36. The predicted octanol–water partition coefficient (Wildman–Crippen LogP) is 10.2. The summed E-state index contributed by atoms with van der Waals surface area (Å²) in [5, 5.41) is 7.69. The van der Waals surface area contributed by atoms with E-state index in [9.17, 15) is 14.4 Å². The Balaban J connectivity index is 0. The van der Waals surface area contributed by atoms with Gasteiger partial charge in [-0.05, 0) is 19.8 Å². The largest absolute Gasteiger partial charge is 0.505 e. The molecule has 220 valence electrons. The third kappa shape index (κ3) is 36.6. The Morgan fingerprint density at radius 3 is 0.946 bits per heavy atom. The first-order chi connectivity index (χ1) is 18.0. The number of hydrogen-bond donors (Lipinski definition) is 1. The summed E-state index contributed by atoms with van der Waals surface area (Å²) in [4.78, 5) is 32.9. The van der Waals surface area contributed by atoms with Gasteiger partial charge in [0.25, 0.3) is 0 Å². The minimum Gasteiger partial charge on any atom is -0.450 e. The molecule has 0 rings (SSSR count). The fourth-order valence-corrected chi connectivity index (χ4v) is 4.22. The van der Waals surface area contributed by atoms with Crippen LogP contribution >= 0.6 is 0 Å². The zero-order valence-corrected chi connectivity index (χ0v) is 24.7. The topological polar surface area (TPSA) is 89.9 Å². The molecule has 0 bridgehead atoms. The Morgan fingerprint density at radius 1 is 0.459 bits per heavy atom. The van der Waals surface area contributed by atoms with Crippen LogP contribution in [0.15, 0.2) is 0 Å². The van der Waals surface area contributed by atoms with E-state index in [2.05, 4.69) is 18.6 Å². The Bertz CT molecular complexity index is 470. The lowest BCUT2D eigenvalue weighted by Gasteiger charge is -2.05. The van der Waals surface area contributed by atoms with E-state index in [1.807, 2.05) is 0 Å². The molecule has 0 unspecified atom stereocenters. The second kappa shape index (κ2) is 32.4. The Hall–Kier alpha value is -1.59. The van der Waals surface area contributed by atoms with Crippen molar-refractivity contribution in [3.8, 4) is 0 Å². The number of esters is 2. The van der Waals surface area contributed by atoms with Crippen molar-refractivity contribution in [2.24, 2.45) is 0 Å². The highest BCUT2D eigenvalue weighted by molar-refractivity contribution is 5.85. The molecular weight excluding hydrogens is 468 g/mol. The van der Waals surface area contributed by atoms with Crippen LogP contribution in [0.4, 0.5) is 4.79 Å². The summed E-state index contributed by atoms with van der Waals surface area (Å²) in [5.41, 5.74) is 0. The summed E-state index contributed by atoms with van der Waals surface area (Å²) in [6.07, 6.45) is 27.3. The van der Waals surface area contributed by atoms with E-state index in [4.69, 9.17) is 9.84 Å². The summed E-state index contributed by atoms with van der Waals surface area (Å²) >= 11 is 0. The summed E-state index contributed by atoms with van der Waals surface area (Å²) in [7, 11) is 0. The molecule has 0 saturated carbocycles. The van der Waals surface area contributed by atoms with Crippen LogP contribution in [0.2, 0.25) is 0 Å². The zero-order chi connectivity index (χ0) is 27.8. The van der Waals surface area contributed by atoms with Gasteiger partial charge < -0.3 is 14.6 Å². The molecule has 0 aliphatic rings. The highest BCUT2D eigenvalue weighted by Gasteiger charge is 2.09. The SMILES string of the molecule is CCCCCCCCCCCCCC(=O)OC(=O)CCCCCCCCCCCCC.CCOC(=O)O. The third-order valence-electron chi connectivity index (χ3n) is 6.46. The predicted molar refractivity (Wildman–Crippen MR) is 153 cm³/mol. The van der Waals surface area contributed by atoms with Crippen LogP contribution in [0.5, 0.6) is 0 Å². The average molecular weight is 529 g/mol. The van der Waals surface area contributed by atoms with Gasteiger partial charge in [0.1, 0.15) is 0 Å². The van der Waals surface area contributed by atoms with Crippen molar-refractivity contribution < 1.29 is 29.0 Å². The minimum absolute atomic E-state index is 0.231. The van der Waals surface area contributed by atoms with Crippen molar-refractivity contribution in [2.45, 2.75) is 175 Å². The molecule has 0 atom stereocenters. The normalized spacial score (nSPS) is 10.5. The number of carbonyl (C=O) groups excluding carboxylic acids is 2. The van der Waals surface area contributed by atoms with Gasteiger partial charge in [-0.1, -0.05) is 142 Å². The van der Waals surface area contributed by atoms with Gasteiger partial charge in [-0.3, -0.25) is 9.59 Å². The number of unbranched alkanes of at least 4 members (excludes halogenated alkanes) is 20. The molecule has 0 heterocycles. The lowest BCUT2D eigenvalue weighted by atomic mass is 10.1. The second-order valence-electron chi connectivity index (χ2n) is 10.1. The molecule has 0 aromatic heterocycles. The van der Waals surface area contributed by atoms with Crippen molar-refractivity contribution in [3.05, 3.63) is 0 Å². The van der Waals surface area contributed by atoms with Gasteiger partial charge in [0, 0.05) is 12.8 Å². The van der Waals surface area contributed by atoms with Gasteiger partial charge in [0.2, 0.25) is 0 Å². The van der Waals surface area contributed by atoms with Gasteiger partial charge in [0.05, 0.1) is 6.61 Å². The number of carbonyl (C=O) groups is 3. The molecule has 0 fully saturated rings. The van der Waals surface area contributed by atoms with Crippen LogP contribution in [0, 0.1) is 0 Å². The number of hydrogen-bond acceptors (Lipinski definition) is 5. The maximum atomic E-state index is 11.8. The van der Waals surface area contributed by atoms with Crippen LogP contribution < -0.4 is 0 Å². The van der Waals surface area contributed by atoms with Gasteiger partial charge >= 0.3 is 18.1 Å². The number of carboxylic acid groups (broad SMARTS) is 1. The molecule has 0 aromatic rings.